The van der Waals surface area contributed by atoms with Gasteiger partial charge < -0.3 is 9.15 Å². The SMILES string of the molecule is O=C(Cl)c1ccc(Oc2cccnc2)o1. The lowest BCUT2D eigenvalue weighted by molar-refractivity contribution is 0.105. The van der Waals surface area contributed by atoms with E-state index in [0.29, 0.717) is 5.75 Å². The van der Waals surface area contributed by atoms with Gasteiger partial charge in [0.15, 0.2) is 5.76 Å². The van der Waals surface area contributed by atoms with Crippen molar-refractivity contribution in [1.29, 1.82) is 0 Å². The second-order valence-corrected chi connectivity index (χ2v) is 3.03. The Kier molecular flexibility index (Phi) is 2.69. The molecule has 2 rings (SSSR count). The molecule has 0 N–H and O–H groups in total. The molecule has 0 bridgehead atoms. The van der Waals surface area contributed by atoms with E-state index in [0.717, 1.165) is 0 Å². The normalized spacial score (nSPS) is 9.93. The van der Waals surface area contributed by atoms with Crippen molar-refractivity contribution in [1.82, 2.24) is 4.98 Å². The molecule has 0 spiro atoms. The number of furan rings is 1. The molecule has 0 radical (unpaired) electrons. The van der Waals surface area contributed by atoms with Gasteiger partial charge in [-0.15, -0.1) is 0 Å². The van der Waals surface area contributed by atoms with E-state index < -0.39 is 5.24 Å². The smallest absolute Gasteiger partial charge is 0.290 e. The lowest BCUT2D eigenvalue weighted by Gasteiger charge is -1.99. The topological polar surface area (TPSA) is 52.3 Å². The first-order chi connectivity index (χ1) is 7.25. The Morgan fingerprint density at radius 3 is 2.87 bits per heavy atom. The van der Waals surface area contributed by atoms with Crippen molar-refractivity contribution in [2.24, 2.45) is 0 Å². The summed E-state index contributed by atoms with van der Waals surface area (Å²) >= 11 is 5.22. The van der Waals surface area contributed by atoms with Crippen LogP contribution in [0.2, 0.25) is 0 Å². The van der Waals surface area contributed by atoms with Crippen LogP contribution in [-0.2, 0) is 0 Å². The summed E-state index contributed by atoms with van der Waals surface area (Å²) in [6.45, 7) is 0. The van der Waals surface area contributed by atoms with Gasteiger partial charge >= 0.3 is 0 Å². The van der Waals surface area contributed by atoms with E-state index >= 15 is 0 Å². The molecular weight excluding hydrogens is 218 g/mol. The van der Waals surface area contributed by atoms with Crippen LogP contribution in [0.25, 0.3) is 0 Å². The zero-order valence-corrected chi connectivity index (χ0v) is 8.27. The first-order valence-corrected chi connectivity index (χ1v) is 4.51. The highest BCUT2D eigenvalue weighted by atomic mass is 35.5. The summed E-state index contributed by atoms with van der Waals surface area (Å²) in [5.74, 6) is 0.781. The summed E-state index contributed by atoms with van der Waals surface area (Å²) in [5.41, 5.74) is 0. The number of nitrogens with zero attached hydrogens (tertiary/aromatic N) is 1. The Labute approximate surface area is 90.4 Å². The second-order valence-electron chi connectivity index (χ2n) is 2.68. The molecule has 0 unspecified atom stereocenters. The summed E-state index contributed by atoms with van der Waals surface area (Å²) in [6, 6.07) is 6.41. The van der Waals surface area contributed by atoms with Crippen LogP contribution in [0.15, 0.2) is 41.1 Å². The molecule has 2 aromatic heterocycles. The minimum atomic E-state index is -0.656. The third-order valence-corrected chi connectivity index (χ3v) is 1.81. The molecule has 0 fully saturated rings. The highest BCUT2D eigenvalue weighted by molar-refractivity contribution is 6.67. The van der Waals surface area contributed by atoms with Crippen molar-refractivity contribution in [3.63, 3.8) is 0 Å². The molecule has 4 nitrogen and oxygen atoms in total. The van der Waals surface area contributed by atoms with Gasteiger partial charge in [0.1, 0.15) is 5.75 Å². The summed E-state index contributed by atoms with van der Waals surface area (Å²) < 4.78 is 10.3. The zero-order chi connectivity index (χ0) is 10.7. The third kappa shape index (κ3) is 2.35. The average molecular weight is 224 g/mol. The summed E-state index contributed by atoms with van der Waals surface area (Å²) in [4.78, 5) is 14.6. The number of hydrogen-bond donors (Lipinski definition) is 0. The van der Waals surface area contributed by atoms with Gasteiger partial charge in [-0.2, -0.15) is 0 Å². The lowest BCUT2D eigenvalue weighted by Crippen LogP contribution is -1.84. The largest absolute Gasteiger partial charge is 0.424 e. The van der Waals surface area contributed by atoms with Crippen molar-refractivity contribution in [2.75, 3.05) is 0 Å². The maximum atomic E-state index is 10.7. The predicted octanol–water partition coefficient (Wildman–Crippen LogP) is 2.85. The Balaban J connectivity index is 2.15. The first-order valence-electron chi connectivity index (χ1n) is 4.13. The van der Waals surface area contributed by atoms with Gasteiger partial charge in [0.25, 0.3) is 11.2 Å². The number of hydrogen-bond acceptors (Lipinski definition) is 4. The van der Waals surface area contributed by atoms with Crippen LogP contribution in [0.5, 0.6) is 11.7 Å². The van der Waals surface area contributed by atoms with Crippen molar-refractivity contribution in [2.45, 2.75) is 0 Å². The van der Waals surface area contributed by atoms with Gasteiger partial charge in [0.2, 0.25) is 0 Å². The Morgan fingerprint density at radius 1 is 1.40 bits per heavy atom. The average Bonchev–Trinajstić information content (AvgIpc) is 2.68. The van der Waals surface area contributed by atoms with Crippen LogP contribution in [0.3, 0.4) is 0 Å². The monoisotopic (exact) mass is 223 g/mol. The first kappa shape index (κ1) is 9.73. The fourth-order valence-corrected chi connectivity index (χ4v) is 1.11. The molecule has 0 saturated heterocycles. The van der Waals surface area contributed by atoms with Gasteiger partial charge in [0.05, 0.1) is 6.20 Å². The Bertz CT molecular complexity index is 467. The van der Waals surface area contributed by atoms with Gasteiger partial charge in [-0.05, 0) is 29.8 Å². The van der Waals surface area contributed by atoms with Crippen molar-refractivity contribution in [3.8, 4) is 11.7 Å². The molecular formula is C10H6ClNO3. The maximum absolute atomic E-state index is 10.7. The highest BCUT2D eigenvalue weighted by Crippen LogP contribution is 2.23. The fraction of sp³-hybridized carbons (Fsp3) is 0. The molecule has 0 atom stereocenters. The van der Waals surface area contributed by atoms with Crippen LogP contribution >= 0.6 is 11.6 Å². The molecule has 0 aromatic carbocycles. The van der Waals surface area contributed by atoms with Gasteiger partial charge in [-0.25, -0.2) is 0 Å². The number of aromatic nitrogens is 1. The van der Waals surface area contributed by atoms with Crippen LogP contribution in [0, 0.1) is 0 Å². The van der Waals surface area contributed by atoms with Gasteiger partial charge in [-0.1, -0.05) is 0 Å². The van der Waals surface area contributed by atoms with Crippen LogP contribution in [-0.4, -0.2) is 10.2 Å². The van der Waals surface area contributed by atoms with Crippen molar-refractivity contribution in [3.05, 3.63) is 42.4 Å². The van der Waals surface area contributed by atoms with Crippen molar-refractivity contribution >= 4 is 16.8 Å². The predicted molar refractivity (Wildman–Crippen MR) is 53.2 cm³/mol. The van der Waals surface area contributed by atoms with E-state index in [9.17, 15) is 4.79 Å². The molecule has 2 aromatic rings. The Morgan fingerprint density at radius 2 is 2.27 bits per heavy atom. The molecule has 15 heavy (non-hydrogen) atoms. The minimum absolute atomic E-state index is 0.0514. The van der Waals surface area contributed by atoms with E-state index in [4.69, 9.17) is 20.8 Å². The number of ether oxygens (including phenoxy) is 1. The number of rotatable bonds is 3. The summed E-state index contributed by atoms with van der Waals surface area (Å²) in [6.07, 6.45) is 3.16. The van der Waals surface area contributed by atoms with Crippen molar-refractivity contribution < 1.29 is 13.9 Å². The lowest BCUT2D eigenvalue weighted by atomic mass is 10.5. The van der Waals surface area contributed by atoms with Crippen LogP contribution < -0.4 is 4.74 Å². The molecule has 2 heterocycles. The minimum Gasteiger partial charge on any atom is -0.424 e. The van der Waals surface area contributed by atoms with E-state index in [1.165, 1.54) is 18.3 Å². The number of pyridine rings is 1. The number of carbonyl (C=O) groups is 1. The number of carbonyl (C=O) groups excluding carboxylic acids is 1. The maximum Gasteiger partial charge on any atom is 0.290 e. The van der Waals surface area contributed by atoms with E-state index in [1.54, 1.807) is 18.3 Å². The Hall–Kier alpha value is -1.81. The number of halogens is 1. The van der Waals surface area contributed by atoms with E-state index in [1.807, 2.05) is 0 Å². The second kappa shape index (κ2) is 4.14. The quantitative estimate of drug-likeness (QED) is 0.751. The third-order valence-electron chi connectivity index (χ3n) is 1.63. The molecule has 0 aliphatic heterocycles. The molecule has 76 valence electrons. The molecule has 5 heteroatoms. The summed E-state index contributed by atoms with van der Waals surface area (Å²) in [7, 11) is 0. The highest BCUT2D eigenvalue weighted by Gasteiger charge is 2.09. The van der Waals surface area contributed by atoms with Gasteiger partial charge in [-0.3, -0.25) is 9.78 Å². The summed E-state index contributed by atoms with van der Waals surface area (Å²) in [5, 5.41) is -0.656. The van der Waals surface area contributed by atoms with E-state index in [-0.39, 0.29) is 11.7 Å². The zero-order valence-electron chi connectivity index (χ0n) is 7.51. The molecule has 0 amide bonds. The standard InChI is InChI=1S/C10H6ClNO3/c11-10(13)8-3-4-9(15-8)14-7-2-1-5-12-6-7/h1-6H. The molecule has 0 aliphatic rings. The molecule has 0 aliphatic carbocycles. The molecule has 0 saturated carbocycles. The van der Waals surface area contributed by atoms with Crippen LogP contribution in [0.1, 0.15) is 10.6 Å². The van der Waals surface area contributed by atoms with Gasteiger partial charge in [0, 0.05) is 12.3 Å². The van der Waals surface area contributed by atoms with Crippen LogP contribution in [0.4, 0.5) is 0 Å². The van der Waals surface area contributed by atoms with E-state index in [2.05, 4.69) is 4.98 Å². The fourth-order valence-electron chi connectivity index (χ4n) is 1.00.